The Morgan fingerprint density at radius 3 is 2.42 bits per heavy atom. The van der Waals surface area contributed by atoms with Gasteiger partial charge in [-0.05, 0) is 69.6 Å². The molecule has 1 aromatic heterocycles. The number of aromatic nitrogens is 3. The van der Waals surface area contributed by atoms with Crippen LogP contribution in [0.4, 0.5) is 4.39 Å². The van der Waals surface area contributed by atoms with Gasteiger partial charge in [0, 0.05) is 5.69 Å². The highest BCUT2D eigenvalue weighted by atomic mass is 32.2. The van der Waals surface area contributed by atoms with Crippen LogP contribution in [0.3, 0.4) is 0 Å². The number of nitrogens with one attached hydrogen (secondary N) is 1. The molecule has 0 saturated carbocycles. The number of hydrogen-bond donors (Lipinski definition) is 1. The van der Waals surface area contributed by atoms with E-state index in [-0.39, 0.29) is 23.0 Å². The number of amides is 1. The zero-order chi connectivity index (χ0) is 23.2. The lowest BCUT2D eigenvalue weighted by Crippen LogP contribution is -2.33. The summed E-state index contributed by atoms with van der Waals surface area (Å²) in [6.45, 7) is 6.59. The fourth-order valence-electron chi connectivity index (χ4n) is 4.01. The van der Waals surface area contributed by atoms with E-state index in [0.717, 1.165) is 30.2 Å². The van der Waals surface area contributed by atoms with Crippen LogP contribution in [0, 0.1) is 5.82 Å². The molecule has 1 aliphatic heterocycles. The van der Waals surface area contributed by atoms with Gasteiger partial charge in [-0.3, -0.25) is 14.3 Å². The first-order chi connectivity index (χ1) is 16.0. The zero-order valence-electron chi connectivity index (χ0n) is 19.1. The first-order valence-corrected chi connectivity index (χ1v) is 12.3. The molecule has 33 heavy (non-hydrogen) atoms. The molecule has 1 N–H and O–H groups in total. The molecule has 1 aliphatic rings. The van der Waals surface area contributed by atoms with Crippen molar-refractivity contribution in [3.05, 3.63) is 71.8 Å². The first-order valence-electron chi connectivity index (χ1n) is 11.5. The molecule has 3 aromatic rings. The fraction of sp³-hybridized carbons (Fsp3) is 0.400. The summed E-state index contributed by atoms with van der Waals surface area (Å²) >= 11 is 1.36. The molecule has 2 aromatic carbocycles. The Morgan fingerprint density at radius 1 is 1.03 bits per heavy atom. The van der Waals surface area contributed by atoms with Crippen molar-refractivity contribution in [2.24, 2.45) is 0 Å². The maximum Gasteiger partial charge on any atom is 0.233 e. The van der Waals surface area contributed by atoms with Gasteiger partial charge in [0.25, 0.3) is 0 Å². The van der Waals surface area contributed by atoms with Crippen LogP contribution in [0.2, 0.25) is 0 Å². The molecule has 1 saturated heterocycles. The van der Waals surface area contributed by atoms with Gasteiger partial charge in [0.1, 0.15) is 5.82 Å². The van der Waals surface area contributed by atoms with Gasteiger partial charge in [-0.2, -0.15) is 0 Å². The van der Waals surface area contributed by atoms with Crippen molar-refractivity contribution < 1.29 is 9.18 Å². The molecule has 174 valence electrons. The van der Waals surface area contributed by atoms with Gasteiger partial charge >= 0.3 is 0 Å². The van der Waals surface area contributed by atoms with E-state index in [2.05, 4.69) is 20.4 Å². The second-order valence-electron chi connectivity index (χ2n) is 8.45. The van der Waals surface area contributed by atoms with E-state index in [1.807, 2.05) is 48.7 Å². The van der Waals surface area contributed by atoms with E-state index >= 15 is 0 Å². The Balaban J connectivity index is 1.52. The Bertz CT molecular complexity index is 1050. The summed E-state index contributed by atoms with van der Waals surface area (Å²) in [5, 5.41) is 12.2. The Hall–Kier alpha value is -2.71. The average Bonchev–Trinajstić information content (AvgIpc) is 3.22. The summed E-state index contributed by atoms with van der Waals surface area (Å²) in [4.78, 5) is 15.3. The van der Waals surface area contributed by atoms with Crippen LogP contribution < -0.4 is 5.32 Å². The van der Waals surface area contributed by atoms with Crippen LogP contribution in [0.5, 0.6) is 0 Å². The molecule has 4 rings (SSSR count). The number of benzene rings is 2. The van der Waals surface area contributed by atoms with Gasteiger partial charge in [-0.25, -0.2) is 4.39 Å². The number of likely N-dealkylation sites (tertiary alicyclic amines) is 1. The number of piperidine rings is 1. The van der Waals surface area contributed by atoms with E-state index < -0.39 is 0 Å². The third kappa shape index (κ3) is 6.00. The van der Waals surface area contributed by atoms with E-state index in [0.29, 0.717) is 11.7 Å². The summed E-state index contributed by atoms with van der Waals surface area (Å²) in [6.07, 6.45) is 3.63. The number of thioether (sulfide) groups is 1. The highest BCUT2D eigenvalue weighted by molar-refractivity contribution is 8.00. The van der Waals surface area contributed by atoms with Crippen molar-refractivity contribution in [1.82, 2.24) is 25.0 Å². The van der Waals surface area contributed by atoms with Crippen LogP contribution in [-0.2, 0) is 11.3 Å². The largest absolute Gasteiger partial charge is 0.349 e. The lowest BCUT2D eigenvalue weighted by Gasteiger charge is -2.26. The predicted molar refractivity (Wildman–Crippen MR) is 129 cm³/mol. The van der Waals surface area contributed by atoms with Crippen LogP contribution >= 0.6 is 11.8 Å². The highest BCUT2D eigenvalue weighted by Crippen LogP contribution is 2.27. The quantitative estimate of drug-likeness (QED) is 0.485. The maximum absolute atomic E-state index is 13.6. The Labute approximate surface area is 198 Å². The number of carbonyl (C=O) groups excluding carboxylic acids is 1. The maximum atomic E-state index is 13.6. The minimum Gasteiger partial charge on any atom is -0.349 e. The minimum absolute atomic E-state index is 0.0670. The van der Waals surface area contributed by atoms with Gasteiger partial charge < -0.3 is 5.32 Å². The summed E-state index contributed by atoms with van der Waals surface area (Å²) in [5.41, 5.74) is 1.85. The van der Waals surface area contributed by atoms with E-state index in [1.165, 1.54) is 43.2 Å². The molecule has 1 fully saturated rings. The normalized spacial score (nSPS) is 16.3. The van der Waals surface area contributed by atoms with Crippen LogP contribution in [0.1, 0.15) is 50.5 Å². The SMILES string of the molecule is C[C@H](NC(=O)[C@@H](C)Sc1nnc(CN2CCCCC2)n1-c1ccc(F)cc1)c1ccccc1. The van der Waals surface area contributed by atoms with E-state index in [1.54, 1.807) is 12.1 Å². The lowest BCUT2D eigenvalue weighted by atomic mass is 10.1. The van der Waals surface area contributed by atoms with E-state index in [9.17, 15) is 9.18 Å². The van der Waals surface area contributed by atoms with Crippen molar-refractivity contribution in [2.45, 2.75) is 56.1 Å². The van der Waals surface area contributed by atoms with Crippen molar-refractivity contribution in [1.29, 1.82) is 0 Å². The van der Waals surface area contributed by atoms with E-state index in [4.69, 9.17) is 0 Å². The summed E-state index contributed by atoms with van der Waals surface area (Å²) in [5.74, 6) is 0.445. The third-order valence-corrected chi connectivity index (χ3v) is 6.95. The molecule has 1 amide bonds. The van der Waals surface area contributed by atoms with Crippen molar-refractivity contribution in [3.8, 4) is 5.69 Å². The Kier molecular flexibility index (Phi) is 7.77. The van der Waals surface area contributed by atoms with Gasteiger partial charge in [0.05, 0.1) is 17.8 Å². The molecule has 0 unspecified atom stereocenters. The van der Waals surface area contributed by atoms with Crippen molar-refractivity contribution in [3.63, 3.8) is 0 Å². The van der Waals surface area contributed by atoms with Gasteiger partial charge in [0.15, 0.2) is 11.0 Å². The first kappa shape index (κ1) is 23.4. The van der Waals surface area contributed by atoms with Crippen molar-refractivity contribution >= 4 is 17.7 Å². The summed E-state index contributed by atoms with van der Waals surface area (Å²) < 4.78 is 15.5. The van der Waals surface area contributed by atoms with Crippen LogP contribution in [0.15, 0.2) is 59.8 Å². The topological polar surface area (TPSA) is 63.1 Å². The molecule has 6 nitrogen and oxygen atoms in total. The van der Waals surface area contributed by atoms with Crippen LogP contribution in [-0.4, -0.2) is 43.9 Å². The highest BCUT2D eigenvalue weighted by Gasteiger charge is 2.23. The summed E-state index contributed by atoms with van der Waals surface area (Å²) in [7, 11) is 0. The molecule has 2 atom stereocenters. The molecule has 0 spiro atoms. The molecule has 0 aliphatic carbocycles. The number of hydrogen-bond acceptors (Lipinski definition) is 5. The van der Waals surface area contributed by atoms with Crippen molar-refractivity contribution in [2.75, 3.05) is 13.1 Å². The predicted octanol–water partition coefficient (Wildman–Crippen LogP) is 4.75. The second kappa shape index (κ2) is 10.9. The molecule has 0 bridgehead atoms. The smallest absolute Gasteiger partial charge is 0.233 e. The number of rotatable bonds is 8. The molecule has 8 heteroatoms. The Morgan fingerprint density at radius 2 is 1.73 bits per heavy atom. The van der Waals surface area contributed by atoms with Gasteiger partial charge in [-0.1, -0.05) is 48.5 Å². The third-order valence-electron chi connectivity index (χ3n) is 5.91. The molecular formula is C25H30FN5OS. The number of nitrogens with zero attached hydrogens (tertiary/aromatic N) is 4. The number of carbonyl (C=O) groups is 1. The second-order valence-corrected chi connectivity index (χ2v) is 9.76. The minimum atomic E-state index is -0.373. The molecule has 0 radical (unpaired) electrons. The van der Waals surface area contributed by atoms with Gasteiger partial charge in [-0.15, -0.1) is 10.2 Å². The fourth-order valence-corrected chi connectivity index (χ4v) is 4.91. The zero-order valence-corrected chi connectivity index (χ0v) is 19.9. The van der Waals surface area contributed by atoms with Crippen LogP contribution in [0.25, 0.3) is 5.69 Å². The van der Waals surface area contributed by atoms with Gasteiger partial charge in [0.2, 0.25) is 5.91 Å². The monoisotopic (exact) mass is 467 g/mol. The average molecular weight is 468 g/mol. The molecule has 2 heterocycles. The summed E-state index contributed by atoms with van der Waals surface area (Å²) in [6, 6.07) is 16.1. The number of halogens is 1. The standard InChI is InChI=1S/C25H30FN5OS/c1-18(20-9-5-3-6-10-20)27-24(32)19(2)33-25-29-28-23(17-30-15-7-4-8-16-30)31(25)22-13-11-21(26)12-14-22/h3,5-6,9-14,18-19H,4,7-8,15-17H2,1-2H3,(H,27,32)/t18-,19+/m0/s1. The lowest BCUT2D eigenvalue weighted by molar-refractivity contribution is -0.120. The molecular weight excluding hydrogens is 437 g/mol.